The molecule has 3 atom stereocenters. The molecule has 3 aliphatic rings. The van der Waals surface area contributed by atoms with Gasteiger partial charge in [-0.25, -0.2) is 4.98 Å². The zero-order chi connectivity index (χ0) is 54.5. The number of anilines is 1. The molecule has 5 heterocycles. The number of hydrogen-bond acceptors (Lipinski definition) is 12. The summed E-state index contributed by atoms with van der Waals surface area (Å²) in [6.45, 7) is 16.5. The highest BCUT2D eigenvalue weighted by molar-refractivity contribution is 7.13. The van der Waals surface area contributed by atoms with E-state index in [1.807, 2.05) is 108 Å². The van der Waals surface area contributed by atoms with Gasteiger partial charge < -0.3 is 49.6 Å². The van der Waals surface area contributed by atoms with Crippen molar-refractivity contribution in [3.63, 3.8) is 0 Å². The van der Waals surface area contributed by atoms with Crippen LogP contribution in [0.5, 0.6) is 11.5 Å². The Morgan fingerprint density at radius 1 is 0.896 bits per heavy atom. The molecule has 0 aliphatic carbocycles. The number of ether oxygens (including phenoxy) is 3. The Kier molecular flexibility index (Phi) is 16.9. The number of thiazole rings is 1. The second kappa shape index (κ2) is 23.9. The average molecular weight is 1060 g/mol. The Balaban J connectivity index is 0.880. The highest BCUT2D eigenvalue weighted by Crippen LogP contribution is 2.36. The number of nitrogens with one attached hydrogen (secondary N) is 3. The van der Waals surface area contributed by atoms with Gasteiger partial charge in [0.2, 0.25) is 11.8 Å². The smallest absolute Gasteiger partial charge is 0.255 e. The number of amides is 4. The van der Waals surface area contributed by atoms with Crippen molar-refractivity contribution in [1.82, 2.24) is 30.4 Å². The first-order chi connectivity index (χ1) is 37.1. The van der Waals surface area contributed by atoms with E-state index in [1.54, 1.807) is 22.5 Å². The Bertz CT molecular complexity index is 3200. The van der Waals surface area contributed by atoms with Crippen LogP contribution in [0.2, 0.25) is 0 Å². The summed E-state index contributed by atoms with van der Waals surface area (Å²) in [6, 6.07) is 25.3. The van der Waals surface area contributed by atoms with Crippen LogP contribution in [0.15, 0.2) is 95.2 Å². The van der Waals surface area contributed by atoms with Crippen molar-refractivity contribution in [2.75, 3.05) is 44.4 Å². The SMILES string of the molecule is CCN(c1cc(-c2ccc(OCCOc3cc(-c4scnc4C)ccc3CNC(=O)C3CC(O)CN3C(=O)C(C(C)C)N3Cc4ccccc4C3=O)cc2)cc(C(=O)NCc2c(C)cc(C)[nH]c2=O)c1C)C1CCOCC1. The second-order valence-electron chi connectivity index (χ2n) is 20.6. The normalized spacial score (nSPS) is 16.9. The topological polar surface area (TPSA) is 196 Å². The van der Waals surface area contributed by atoms with Crippen LogP contribution in [0.25, 0.3) is 21.6 Å². The van der Waals surface area contributed by atoms with Crippen LogP contribution in [-0.2, 0) is 34.0 Å². The molecule has 0 bridgehead atoms. The van der Waals surface area contributed by atoms with Gasteiger partial charge in [0.15, 0.2) is 0 Å². The Morgan fingerprint density at radius 3 is 2.34 bits per heavy atom. The summed E-state index contributed by atoms with van der Waals surface area (Å²) >= 11 is 1.52. The molecule has 2 saturated heterocycles. The number of aromatic amines is 1. The number of benzene rings is 4. The van der Waals surface area contributed by atoms with Gasteiger partial charge >= 0.3 is 0 Å². The molecule has 9 rings (SSSR count). The molecule has 17 heteroatoms. The zero-order valence-electron chi connectivity index (χ0n) is 44.9. The fourth-order valence-corrected chi connectivity index (χ4v) is 11.9. The van der Waals surface area contributed by atoms with Crippen LogP contribution in [0.4, 0.5) is 5.69 Å². The number of carbonyl (C=O) groups excluding carboxylic acids is 4. The molecular weight excluding hydrogens is 995 g/mol. The molecule has 4 amide bonds. The minimum absolute atomic E-state index is 0.0176. The first-order valence-electron chi connectivity index (χ1n) is 26.6. The summed E-state index contributed by atoms with van der Waals surface area (Å²) < 4.78 is 18.4. The quantitative estimate of drug-likeness (QED) is 0.0573. The van der Waals surface area contributed by atoms with Crippen molar-refractivity contribution in [3.05, 3.63) is 151 Å². The molecule has 6 aromatic rings. The Hall–Kier alpha value is -7.34. The fraction of sp³-hybridized carbons (Fsp3) is 0.400. The average Bonchev–Trinajstić information content (AvgIpc) is 4.13. The van der Waals surface area contributed by atoms with E-state index in [2.05, 4.69) is 38.5 Å². The monoisotopic (exact) mass is 1060 g/mol. The number of carbonyl (C=O) groups is 4. The van der Waals surface area contributed by atoms with Crippen LogP contribution in [0, 0.1) is 33.6 Å². The van der Waals surface area contributed by atoms with Crippen molar-refractivity contribution in [2.24, 2.45) is 5.92 Å². The predicted octanol–water partition coefficient (Wildman–Crippen LogP) is 8.05. The first kappa shape index (κ1) is 54.4. The molecule has 2 fully saturated rings. The van der Waals surface area contributed by atoms with Gasteiger partial charge in [0.1, 0.15) is 36.8 Å². The third-order valence-electron chi connectivity index (χ3n) is 15.1. The summed E-state index contributed by atoms with van der Waals surface area (Å²) in [5.74, 6) is -0.351. The number of H-pyrrole nitrogens is 1. The molecule has 77 heavy (non-hydrogen) atoms. The van der Waals surface area contributed by atoms with E-state index in [9.17, 15) is 29.1 Å². The molecule has 404 valence electrons. The van der Waals surface area contributed by atoms with Crippen LogP contribution in [0.1, 0.15) is 100.0 Å². The molecule has 0 spiro atoms. The highest BCUT2D eigenvalue weighted by atomic mass is 32.1. The third kappa shape index (κ3) is 12.0. The molecule has 2 aromatic heterocycles. The second-order valence-corrected chi connectivity index (χ2v) is 21.5. The van der Waals surface area contributed by atoms with Crippen LogP contribution >= 0.6 is 11.3 Å². The van der Waals surface area contributed by atoms with Gasteiger partial charge in [-0.2, -0.15) is 0 Å². The molecule has 4 aromatic carbocycles. The summed E-state index contributed by atoms with van der Waals surface area (Å²) in [5.41, 5.74) is 11.7. The minimum atomic E-state index is -0.938. The number of β-amino-alcohol motifs (C(OH)–C–C–N with tert-alkyl or cyclic N) is 1. The molecule has 3 aliphatic heterocycles. The van der Waals surface area contributed by atoms with Crippen LogP contribution in [0.3, 0.4) is 0 Å². The van der Waals surface area contributed by atoms with Gasteiger partial charge in [-0.1, -0.05) is 56.3 Å². The fourth-order valence-electron chi connectivity index (χ4n) is 11.1. The lowest BCUT2D eigenvalue weighted by molar-refractivity contribution is -0.143. The summed E-state index contributed by atoms with van der Waals surface area (Å²) in [4.78, 5) is 82.6. The van der Waals surface area contributed by atoms with E-state index in [1.165, 1.54) is 16.2 Å². The maximum atomic E-state index is 14.4. The standard InChI is InChI=1S/C60H69N7O9S/c1-8-65(45-19-21-74-22-20-45)51-27-44(26-49(38(51)6)56(69)62-31-50-36(4)25-37(5)64-57(50)70)40-15-17-47(18-16-40)75-23-24-76-53-28-41(55-39(7)63-34-77-55)13-14-42(53)30-61-58(71)52-29-46(68)33-66(52)60(73)54(35(2)3)67-32-43-11-9-10-12-48(43)59(67)72/h9-18,25-28,34-35,45-46,52,54,68H,8,19-24,29-33H2,1-7H3,(H,61,71)(H,62,69)(H,64,70). The van der Waals surface area contributed by atoms with E-state index in [0.717, 1.165) is 74.7 Å². The Labute approximate surface area is 453 Å². The number of fused-ring (bicyclic) bond motifs is 1. The lowest BCUT2D eigenvalue weighted by Gasteiger charge is -2.37. The number of likely N-dealkylation sites (tertiary alicyclic amines) is 1. The molecule has 3 unspecified atom stereocenters. The van der Waals surface area contributed by atoms with Crippen molar-refractivity contribution in [1.29, 1.82) is 0 Å². The highest BCUT2D eigenvalue weighted by Gasteiger charge is 2.46. The zero-order valence-corrected chi connectivity index (χ0v) is 45.8. The van der Waals surface area contributed by atoms with Gasteiger partial charge in [0.05, 0.1) is 22.2 Å². The largest absolute Gasteiger partial charge is 0.490 e. The van der Waals surface area contributed by atoms with E-state index in [0.29, 0.717) is 53.5 Å². The third-order valence-corrected chi connectivity index (χ3v) is 16.1. The van der Waals surface area contributed by atoms with Crippen LogP contribution in [-0.4, -0.2) is 112 Å². The maximum absolute atomic E-state index is 14.4. The molecule has 0 radical (unpaired) electrons. The number of aryl methyl sites for hydroxylation is 3. The van der Waals surface area contributed by atoms with Gasteiger partial charge in [-0.15, -0.1) is 11.3 Å². The predicted molar refractivity (Wildman–Crippen MR) is 297 cm³/mol. The minimum Gasteiger partial charge on any atom is -0.490 e. The number of pyridine rings is 1. The van der Waals surface area contributed by atoms with Crippen molar-refractivity contribution in [2.45, 2.75) is 112 Å². The Morgan fingerprint density at radius 2 is 1.64 bits per heavy atom. The number of aromatic nitrogens is 2. The van der Waals surface area contributed by atoms with Gasteiger partial charge in [-0.3, -0.25) is 24.0 Å². The molecular formula is C60H69N7O9S. The van der Waals surface area contributed by atoms with Gasteiger partial charge in [0, 0.05) is 92.0 Å². The number of hydrogen-bond donors (Lipinski definition) is 4. The van der Waals surface area contributed by atoms with E-state index < -0.39 is 24.1 Å². The van der Waals surface area contributed by atoms with E-state index >= 15 is 0 Å². The summed E-state index contributed by atoms with van der Waals surface area (Å²) in [6.07, 6.45) is 0.933. The maximum Gasteiger partial charge on any atom is 0.255 e. The number of nitrogens with zero attached hydrogens (tertiary/aromatic N) is 4. The lowest BCUT2D eigenvalue weighted by atomic mass is 9.95. The number of aliphatic hydroxyl groups is 1. The summed E-state index contributed by atoms with van der Waals surface area (Å²) in [5, 5.41) is 16.9. The van der Waals surface area contributed by atoms with Crippen molar-refractivity contribution < 1.29 is 38.5 Å². The van der Waals surface area contributed by atoms with E-state index in [4.69, 9.17) is 14.2 Å². The lowest BCUT2D eigenvalue weighted by Crippen LogP contribution is -2.55. The number of aliphatic hydroxyl groups excluding tert-OH is 1. The van der Waals surface area contributed by atoms with Crippen molar-refractivity contribution >= 4 is 40.7 Å². The van der Waals surface area contributed by atoms with Gasteiger partial charge in [-0.05, 0) is 129 Å². The molecule has 0 saturated carbocycles. The van der Waals surface area contributed by atoms with Crippen LogP contribution < -0.4 is 30.6 Å². The first-order valence-corrected chi connectivity index (χ1v) is 27.5. The van der Waals surface area contributed by atoms with E-state index in [-0.39, 0.29) is 74.5 Å². The summed E-state index contributed by atoms with van der Waals surface area (Å²) in [7, 11) is 0. The molecule has 4 N–H and O–H groups in total. The number of rotatable bonds is 19. The molecule has 16 nitrogen and oxygen atoms in total. The van der Waals surface area contributed by atoms with Crippen molar-refractivity contribution in [3.8, 4) is 33.1 Å². The van der Waals surface area contributed by atoms with Gasteiger partial charge in [0.25, 0.3) is 17.4 Å².